The summed E-state index contributed by atoms with van der Waals surface area (Å²) in [6.45, 7) is 1.41. The lowest BCUT2D eigenvalue weighted by Crippen LogP contribution is -2.37. The number of hydrogen-bond donors (Lipinski definition) is 2. The van der Waals surface area contributed by atoms with Crippen LogP contribution < -0.4 is 16.0 Å². The average Bonchev–Trinajstić information content (AvgIpc) is 3.05. The number of nitrogen functional groups attached to an aromatic ring is 1. The number of nitrogens with zero attached hydrogens (tertiary/aromatic N) is 2. The molecule has 2 aromatic rings. The van der Waals surface area contributed by atoms with Gasteiger partial charge in [0.15, 0.2) is 5.58 Å². The van der Waals surface area contributed by atoms with Crippen molar-refractivity contribution >= 4 is 28.9 Å². The number of nitrogens with one attached hydrogen (secondary N) is 1. The zero-order chi connectivity index (χ0) is 14.1. The van der Waals surface area contributed by atoms with Gasteiger partial charge in [0, 0.05) is 13.1 Å². The zero-order valence-electron chi connectivity index (χ0n) is 11.1. The first-order valence-corrected chi connectivity index (χ1v) is 6.42. The molecule has 1 aromatic carbocycles. The Balaban J connectivity index is 1.76. The van der Waals surface area contributed by atoms with Gasteiger partial charge in [0.2, 0.25) is 0 Å². The Morgan fingerprint density at radius 3 is 3.20 bits per heavy atom. The smallest absolute Gasteiger partial charge is 0.407 e. The third-order valence-corrected chi connectivity index (χ3v) is 3.41. The molecule has 106 valence electrons. The van der Waals surface area contributed by atoms with Crippen molar-refractivity contribution in [3.8, 4) is 0 Å². The Morgan fingerprint density at radius 2 is 2.45 bits per heavy atom. The fourth-order valence-electron chi connectivity index (χ4n) is 2.37. The van der Waals surface area contributed by atoms with Gasteiger partial charge in [-0.25, -0.2) is 4.79 Å². The summed E-state index contributed by atoms with van der Waals surface area (Å²) in [7, 11) is 1.35. The summed E-state index contributed by atoms with van der Waals surface area (Å²) < 4.78 is 10.3. The van der Waals surface area contributed by atoms with Crippen LogP contribution in [0.5, 0.6) is 0 Å². The van der Waals surface area contributed by atoms with Crippen LogP contribution in [0.25, 0.3) is 11.1 Å². The molecular weight excluding hydrogens is 260 g/mol. The van der Waals surface area contributed by atoms with E-state index in [1.165, 1.54) is 7.11 Å². The van der Waals surface area contributed by atoms with Gasteiger partial charge in [-0.1, -0.05) is 6.07 Å². The van der Waals surface area contributed by atoms with Crippen molar-refractivity contribution in [2.75, 3.05) is 30.8 Å². The van der Waals surface area contributed by atoms with E-state index in [0.717, 1.165) is 13.0 Å². The van der Waals surface area contributed by atoms with Crippen LogP contribution in [0.2, 0.25) is 0 Å². The van der Waals surface area contributed by atoms with Crippen molar-refractivity contribution in [2.45, 2.75) is 12.5 Å². The van der Waals surface area contributed by atoms with Gasteiger partial charge < -0.3 is 25.1 Å². The number of anilines is 2. The number of para-hydroxylation sites is 1. The highest BCUT2D eigenvalue weighted by Gasteiger charge is 2.27. The van der Waals surface area contributed by atoms with E-state index in [4.69, 9.17) is 10.2 Å². The van der Waals surface area contributed by atoms with Gasteiger partial charge >= 0.3 is 6.09 Å². The maximum Gasteiger partial charge on any atom is 0.407 e. The highest BCUT2D eigenvalue weighted by atomic mass is 16.5. The molecule has 0 bridgehead atoms. The summed E-state index contributed by atoms with van der Waals surface area (Å²) >= 11 is 0. The SMILES string of the molecule is COC(=O)NC1CCN(c2nc3c(N)cccc3o2)C1. The Bertz CT molecular complexity index is 640. The van der Waals surface area contributed by atoms with Crippen molar-refractivity contribution in [3.63, 3.8) is 0 Å². The van der Waals surface area contributed by atoms with Crippen LogP contribution in [-0.2, 0) is 4.74 Å². The number of hydrogen-bond acceptors (Lipinski definition) is 6. The summed E-state index contributed by atoms with van der Waals surface area (Å²) in [5, 5.41) is 2.78. The van der Waals surface area contributed by atoms with Crippen molar-refractivity contribution in [1.29, 1.82) is 0 Å². The highest BCUT2D eigenvalue weighted by Crippen LogP contribution is 2.27. The van der Waals surface area contributed by atoms with Gasteiger partial charge in [0.1, 0.15) is 5.52 Å². The second-order valence-corrected chi connectivity index (χ2v) is 4.76. The van der Waals surface area contributed by atoms with E-state index >= 15 is 0 Å². The number of ether oxygens (including phenoxy) is 1. The number of aromatic nitrogens is 1. The lowest BCUT2D eigenvalue weighted by atomic mass is 10.3. The minimum Gasteiger partial charge on any atom is -0.453 e. The molecule has 1 aliphatic heterocycles. The zero-order valence-corrected chi connectivity index (χ0v) is 11.1. The molecule has 1 saturated heterocycles. The van der Waals surface area contributed by atoms with E-state index < -0.39 is 6.09 Å². The number of oxazole rings is 1. The van der Waals surface area contributed by atoms with E-state index in [1.54, 1.807) is 6.07 Å². The first-order valence-electron chi connectivity index (χ1n) is 6.42. The maximum absolute atomic E-state index is 11.2. The molecular formula is C13H16N4O3. The number of benzene rings is 1. The van der Waals surface area contributed by atoms with Crippen LogP contribution in [0.3, 0.4) is 0 Å². The predicted molar refractivity (Wildman–Crippen MR) is 74.6 cm³/mol. The Morgan fingerprint density at radius 1 is 1.60 bits per heavy atom. The summed E-state index contributed by atoms with van der Waals surface area (Å²) in [5.41, 5.74) is 7.81. The molecule has 1 fully saturated rings. The second-order valence-electron chi connectivity index (χ2n) is 4.76. The Labute approximate surface area is 115 Å². The lowest BCUT2D eigenvalue weighted by Gasteiger charge is -2.13. The summed E-state index contributed by atoms with van der Waals surface area (Å²) in [6, 6.07) is 6.03. The van der Waals surface area contributed by atoms with Gasteiger partial charge in [-0.2, -0.15) is 4.98 Å². The molecule has 1 atom stereocenters. The van der Waals surface area contributed by atoms with E-state index in [9.17, 15) is 4.79 Å². The molecule has 1 amide bonds. The van der Waals surface area contributed by atoms with Crippen LogP contribution in [-0.4, -0.2) is 37.3 Å². The van der Waals surface area contributed by atoms with Gasteiger partial charge in [0.05, 0.1) is 18.8 Å². The highest BCUT2D eigenvalue weighted by molar-refractivity contribution is 5.86. The molecule has 7 nitrogen and oxygen atoms in total. The summed E-state index contributed by atoms with van der Waals surface area (Å²) in [5.74, 6) is 0. The lowest BCUT2D eigenvalue weighted by molar-refractivity contribution is 0.167. The van der Waals surface area contributed by atoms with Gasteiger partial charge in [-0.15, -0.1) is 0 Å². The Kier molecular flexibility index (Phi) is 3.09. The van der Waals surface area contributed by atoms with Gasteiger partial charge in [-0.3, -0.25) is 0 Å². The largest absolute Gasteiger partial charge is 0.453 e. The van der Waals surface area contributed by atoms with Crippen LogP contribution in [0.1, 0.15) is 6.42 Å². The number of carbonyl (C=O) groups is 1. The summed E-state index contributed by atoms with van der Waals surface area (Å²) in [4.78, 5) is 17.6. The standard InChI is InChI=1S/C13H16N4O3/c1-19-13(18)15-8-5-6-17(7-8)12-16-11-9(14)3-2-4-10(11)20-12/h2-4,8H,5-7,14H2,1H3,(H,15,18). The molecule has 0 spiro atoms. The summed E-state index contributed by atoms with van der Waals surface area (Å²) in [6.07, 6.45) is 0.405. The molecule has 0 radical (unpaired) electrons. The number of carbonyl (C=O) groups excluding carboxylic acids is 1. The quantitative estimate of drug-likeness (QED) is 0.804. The number of methoxy groups -OCH3 is 1. The Hall–Kier alpha value is -2.44. The monoisotopic (exact) mass is 276 g/mol. The van der Waals surface area contributed by atoms with E-state index in [1.807, 2.05) is 17.0 Å². The van der Waals surface area contributed by atoms with Crippen LogP contribution in [0.4, 0.5) is 16.5 Å². The van der Waals surface area contributed by atoms with E-state index in [-0.39, 0.29) is 6.04 Å². The molecule has 1 unspecified atom stereocenters. The number of rotatable bonds is 2. The third-order valence-electron chi connectivity index (χ3n) is 3.41. The third kappa shape index (κ3) is 2.22. The molecule has 7 heteroatoms. The van der Waals surface area contributed by atoms with Crippen molar-refractivity contribution in [1.82, 2.24) is 10.3 Å². The maximum atomic E-state index is 11.2. The van der Waals surface area contributed by atoms with Crippen LogP contribution in [0.15, 0.2) is 22.6 Å². The fourth-order valence-corrected chi connectivity index (χ4v) is 2.37. The molecule has 0 saturated carbocycles. The minimum absolute atomic E-state index is 0.0369. The van der Waals surface area contributed by atoms with Gasteiger partial charge in [0.25, 0.3) is 6.01 Å². The molecule has 3 N–H and O–H groups in total. The first-order chi connectivity index (χ1) is 9.67. The number of nitrogens with two attached hydrogens (primary N) is 1. The first kappa shape index (κ1) is 12.6. The van der Waals surface area contributed by atoms with Crippen LogP contribution in [0, 0.1) is 0 Å². The second kappa shape index (κ2) is 4.92. The normalized spacial score (nSPS) is 18.4. The molecule has 0 aliphatic carbocycles. The molecule has 1 aromatic heterocycles. The molecule has 20 heavy (non-hydrogen) atoms. The molecule has 1 aliphatic rings. The van der Waals surface area contributed by atoms with E-state index in [2.05, 4.69) is 15.0 Å². The number of alkyl carbamates (subject to hydrolysis) is 1. The minimum atomic E-state index is -0.418. The topological polar surface area (TPSA) is 93.6 Å². The van der Waals surface area contributed by atoms with E-state index in [0.29, 0.717) is 29.3 Å². The molecule has 3 rings (SSSR count). The van der Waals surface area contributed by atoms with Gasteiger partial charge in [-0.05, 0) is 18.6 Å². The molecule has 2 heterocycles. The van der Waals surface area contributed by atoms with Crippen molar-refractivity contribution in [2.24, 2.45) is 0 Å². The van der Waals surface area contributed by atoms with Crippen molar-refractivity contribution in [3.05, 3.63) is 18.2 Å². The van der Waals surface area contributed by atoms with Crippen molar-refractivity contribution < 1.29 is 13.9 Å². The fraction of sp³-hybridized carbons (Fsp3) is 0.385. The number of amides is 1. The number of fused-ring (bicyclic) bond motifs is 1. The predicted octanol–water partition coefficient (Wildman–Crippen LogP) is 1.34. The van der Waals surface area contributed by atoms with Crippen LogP contribution >= 0.6 is 0 Å². The average molecular weight is 276 g/mol.